The maximum atomic E-state index is 6.31. The number of hydrogen-bond donors (Lipinski definition) is 0. The first-order valence-electron chi connectivity index (χ1n) is 6.74. The fourth-order valence-corrected chi connectivity index (χ4v) is 3.02. The molecule has 0 unspecified atom stereocenters. The quantitative estimate of drug-likeness (QED) is 0.506. The highest BCUT2D eigenvalue weighted by molar-refractivity contribution is 7.98. The highest BCUT2D eigenvalue weighted by atomic mass is 35.5. The lowest BCUT2D eigenvalue weighted by Crippen LogP contribution is -1.90. The summed E-state index contributed by atoms with van der Waals surface area (Å²) in [4.78, 5) is 5.92. The first-order chi connectivity index (χ1) is 10.7. The topological polar surface area (TPSA) is 12.9 Å². The van der Waals surface area contributed by atoms with E-state index in [2.05, 4.69) is 18.4 Å². The standard InChI is InChI=1S/C18H13Cl2NS/c1-22-14-10-17(12-6-8-13(19)9-7-12)21-18(11-14)15-4-2-3-5-16(15)20/h2-11H,1H3. The van der Waals surface area contributed by atoms with E-state index in [1.165, 1.54) is 0 Å². The fraction of sp³-hybridized carbons (Fsp3) is 0.0556. The molecular formula is C18H13Cl2NS. The Morgan fingerprint density at radius 2 is 1.55 bits per heavy atom. The van der Waals surface area contributed by atoms with Crippen LogP contribution in [0.15, 0.2) is 65.6 Å². The molecule has 0 N–H and O–H groups in total. The van der Waals surface area contributed by atoms with Gasteiger partial charge in [0.25, 0.3) is 0 Å². The summed E-state index contributed by atoms with van der Waals surface area (Å²) < 4.78 is 0. The minimum Gasteiger partial charge on any atom is -0.248 e. The average Bonchev–Trinajstić information content (AvgIpc) is 2.55. The zero-order valence-corrected chi connectivity index (χ0v) is 14.2. The van der Waals surface area contributed by atoms with Crippen LogP contribution in [-0.2, 0) is 0 Å². The summed E-state index contributed by atoms with van der Waals surface area (Å²) >= 11 is 14.0. The number of thioether (sulfide) groups is 1. The Labute approximate surface area is 144 Å². The maximum absolute atomic E-state index is 6.31. The van der Waals surface area contributed by atoms with Crippen LogP contribution in [0.4, 0.5) is 0 Å². The molecule has 0 aliphatic carbocycles. The summed E-state index contributed by atoms with van der Waals surface area (Å²) in [5.74, 6) is 0. The third-order valence-corrected chi connectivity index (χ3v) is 4.61. The molecule has 0 radical (unpaired) electrons. The fourth-order valence-electron chi connectivity index (χ4n) is 2.20. The van der Waals surface area contributed by atoms with Gasteiger partial charge >= 0.3 is 0 Å². The Kier molecular flexibility index (Phi) is 4.72. The van der Waals surface area contributed by atoms with Crippen molar-refractivity contribution in [2.45, 2.75) is 4.90 Å². The second-order valence-electron chi connectivity index (χ2n) is 4.76. The highest BCUT2D eigenvalue weighted by Gasteiger charge is 2.09. The number of pyridine rings is 1. The van der Waals surface area contributed by atoms with E-state index in [9.17, 15) is 0 Å². The van der Waals surface area contributed by atoms with Crippen molar-refractivity contribution in [2.24, 2.45) is 0 Å². The Hall–Kier alpha value is -1.48. The number of rotatable bonds is 3. The summed E-state index contributed by atoms with van der Waals surface area (Å²) in [6, 6.07) is 19.6. The second kappa shape index (κ2) is 6.74. The highest BCUT2D eigenvalue weighted by Crippen LogP contribution is 2.32. The molecule has 3 rings (SSSR count). The SMILES string of the molecule is CSc1cc(-c2ccc(Cl)cc2)nc(-c2ccccc2Cl)c1. The summed E-state index contributed by atoms with van der Waals surface area (Å²) in [5, 5.41) is 1.42. The predicted molar refractivity (Wildman–Crippen MR) is 96.9 cm³/mol. The van der Waals surface area contributed by atoms with Gasteiger partial charge in [-0.1, -0.05) is 53.5 Å². The van der Waals surface area contributed by atoms with Crippen LogP contribution < -0.4 is 0 Å². The van der Waals surface area contributed by atoms with Crippen LogP contribution in [0.25, 0.3) is 22.5 Å². The lowest BCUT2D eigenvalue weighted by molar-refractivity contribution is 1.27. The van der Waals surface area contributed by atoms with Gasteiger partial charge in [-0.05, 0) is 36.6 Å². The summed E-state index contributed by atoms with van der Waals surface area (Å²) in [7, 11) is 0. The molecule has 1 heterocycles. The van der Waals surface area contributed by atoms with Crippen LogP contribution >= 0.6 is 35.0 Å². The van der Waals surface area contributed by atoms with Gasteiger partial charge in [-0.25, -0.2) is 4.98 Å². The molecule has 0 saturated heterocycles. The van der Waals surface area contributed by atoms with Crippen LogP contribution in [0.1, 0.15) is 0 Å². The molecule has 0 amide bonds. The van der Waals surface area contributed by atoms with Crippen LogP contribution in [0.5, 0.6) is 0 Å². The number of nitrogens with zero attached hydrogens (tertiary/aromatic N) is 1. The van der Waals surface area contributed by atoms with Crippen molar-refractivity contribution in [3.8, 4) is 22.5 Å². The van der Waals surface area contributed by atoms with E-state index in [0.29, 0.717) is 5.02 Å². The lowest BCUT2D eigenvalue weighted by atomic mass is 10.1. The van der Waals surface area contributed by atoms with Crippen LogP contribution in [0.3, 0.4) is 0 Å². The second-order valence-corrected chi connectivity index (χ2v) is 6.49. The van der Waals surface area contributed by atoms with Gasteiger partial charge in [-0.2, -0.15) is 0 Å². The van der Waals surface area contributed by atoms with Crippen LogP contribution in [0, 0.1) is 0 Å². The molecule has 1 aromatic heterocycles. The minimum atomic E-state index is 0.704. The Bertz CT molecular complexity index is 800. The third kappa shape index (κ3) is 3.30. The van der Waals surface area contributed by atoms with Gasteiger partial charge in [0.05, 0.1) is 11.4 Å². The molecule has 3 aromatic rings. The summed E-state index contributed by atoms with van der Waals surface area (Å²) in [6.45, 7) is 0. The van der Waals surface area contributed by atoms with Crippen LogP contribution in [0.2, 0.25) is 10.0 Å². The van der Waals surface area contributed by atoms with Gasteiger partial charge in [0, 0.05) is 26.1 Å². The number of aromatic nitrogens is 1. The van der Waals surface area contributed by atoms with Gasteiger partial charge in [-0.15, -0.1) is 11.8 Å². The molecule has 0 saturated carbocycles. The smallest absolute Gasteiger partial charge is 0.0735 e. The minimum absolute atomic E-state index is 0.704. The van der Waals surface area contributed by atoms with Gasteiger partial charge in [0.1, 0.15) is 0 Å². The molecule has 0 atom stereocenters. The van der Waals surface area contributed by atoms with Crippen molar-refractivity contribution < 1.29 is 0 Å². The third-order valence-electron chi connectivity index (χ3n) is 3.32. The molecule has 22 heavy (non-hydrogen) atoms. The number of halogens is 2. The zero-order chi connectivity index (χ0) is 15.5. The van der Waals surface area contributed by atoms with E-state index in [0.717, 1.165) is 32.4 Å². The van der Waals surface area contributed by atoms with Crippen LogP contribution in [-0.4, -0.2) is 11.2 Å². The average molecular weight is 346 g/mol. The zero-order valence-electron chi connectivity index (χ0n) is 11.9. The largest absolute Gasteiger partial charge is 0.248 e. The van der Waals surface area contributed by atoms with Crippen molar-refractivity contribution in [3.63, 3.8) is 0 Å². The van der Waals surface area contributed by atoms with Crippen molar-refractivity contribution >= 4 is 35.0 Å². The van der Waals surface area contributed by atoms with Crippen molar-refractivity contribution in [1.29, 1.82) is 0 Å². The first-order valence-corrected chi connectivity index (χ1v) is 8.72. The predicted octanol–water partition coefficient (Wildman–Crippen LogP) is 6.44. The Morgan fingerprint density at radius 1 is 0.864 bits per heavy atom. The van der Waals surface area contributed by atoms with E-state index < -0.39 is 0 Å². The molecule has 1 nitrogen and oxygen atoms in total. The molecule has 0 aliphatic heterocycles. The van der Waals surface area contributed by atoms with Crippen molar-refractivity contribution in [1.82, 2.24) is 4.98 Å². The van der Waals surface area contributed by atoms with Gasteiger partial charge < -0.3 is 0 Å². The monoisotopic (exact) mass is 345 g/mol. The van der Waals surface area contributed by atoms with Crippen molar-refractivity contribution in [2.75, 3.05) is 6.26 Å². The van der Waals surface area contributed by atoms with Gasteiger partial charge in [0.15, 0.2) is 0 Å². The van der Waals surface area contributed by atoms with Gasteiger partial charge in [-0.3, -0.25) is 0 Å². The van der Waals surface area contributed by atoms with E-state index in [1.54, 1.807) is 11.8 Å². The van der Waals surface area contributed by atoms with Crippen molar-refractivity contribution in [3.05, 3.63) is 70.7 Å². The molecule has 4 heteroatoms. The maximum Gasteiger partial charge on any atom is 0.0735 e. The molecule has 110 valence electrons. The summed E-state index contributed by atoms with van der Waals surface area (Å²) in [5.41, 5.74) is 3.77. The Balaban J connectivity index is 2.15. The molecule has 0 bridgehead atoms. The molecule has 0 fully saturated rings. The van der Waals surface area contributed by atoms with E-state index in [1.807, 2.05) is 48.5 Å². The van der Waals surface area contributed by atoms with Gasteiger partial charge in [0.2, 0.25) is 0 Å². The Morgan fingerprint density at radius 3 is 2.23 bits per heavy atom. The summed E-state index contributed by atoms with van der Waals surface area (Å²) in [6.07, 6.45) is 2.05. The normalized spacial score (nSPS) is 10.7. The number of hydrogen-bond acceptors (Lipinski definition) is 2. The molecular weight excluding hydrogens is 333 g/mol. The van der Waals surface area contributed by atoms with E-state index >= 15 is 0 Å². The molecule has 0 spiro atoms. The van der Waals surface area contributed by atoms with E-state index in [4.69, 9.17) is 28.2 Å². The lowest BCUT2D eigenvalue weighted by Gasteiger charge is -2.09. The molecule has 0 aliphatic rings. The first kappa shape index (κ1) is 15.4. The molecule has 2 aromatic carbocycles. The number of benzene rings is 2. The van der Waals surface area contributed by atoms with E-state index in [-0.39, 0.29) is 0 Å².